The van der Waals surface area contributed by atoms with Crippen LogP contribution in [0.4, 0.5) is 5.69 Å². The van der Waals surface area contributed by atoms with E-state index in [2.05, 4.69) is 23.2 Å². The van der Waals surface area contributed by atoms with Crippen LogP contribution < -0.4 is 9.70 Å². The number of methoxy groups -OCH3 is 1. The van der Waals surface area contributed by atoms with Crippen LogP contribution >= 0.6 is 11.3 Å². The van der Waals surface area contributed by atoms with Crippen molar-refractivity contribution in [3.05, 3.63) is 71.0 Å². The number of carbonyl (C=O) groups excluding carboxylic acids is 3. The average molecular weight is 460 g/mol. The molecule has 0 atom stereocenters. The van der Waals surface area contributed by atoms with Crippen LogP contribution in [-0.4, -0.2) is 36.0 Å². The van der Waals surface area contributed by atoms with Gasteiger partial charge in [0.2, 0.25) is 11.8 Å². The third kappa shape index (κ3) is 3.88. The second kappa shape index (κ2) is 8.73. The maximum Gasteiger partial charge on any atom is 0.279 e. The molecule has 33 heavy (non-hydrogen) atoms. The molecular formula is C25H21N3O4S. The fourth-order valence-corrected chi connectivity index (χ4v) is 5.24. The highest BCUT2D eigenvalue weighted by molar-refractivity contribution is 7.17. The molecule has 0 bridgehead atoms. The molecule has 1 aromatic heterocycles. The molecule has 7 nitrogen and oxygen atoms in total. The van der Waals surface area contributed by atoms with E-state index in [-0.39, 0.29) is 30.6 Å². The Morgan fingerprint density at radius 2 is 1.73 bits per heavy atom. The maximum atomic E-state index is 13.0. The summed E-state index contributed by atoms with van der Waals surface area (Å²) in [6.45, 7) is 1.06. The van der Waals surface area contributed by atoms with E-state index in [1.807, 2.05) is 22.8 Å². The van der Waals surface area contributed by atoms with E-state index in [4.69, 9.17) is 4.74 Å². The van der Waals surface area contributed by atoms with Crippen molar-refractivity contribution < 1.29 is 19.1 Å². The zero-order valence-corrected chi connectivity index (χ0v) is 18.8. The number of imide groups is 1. The van der Waals surface area contributed by atoms with Crippen molar-refractivity contribution in [3.8, 4) is 0 Å². The Balaban J connectivity index is 1.55. The number of ether oxygens (including phenoxy) is 1. The molecule has 0 saturated carbocycles. The van der Waals surface area contributed by atoms with E-state index in [1.165, 1.54) is 16.2 Å². The predicted octanol–water partition coefficient (Wildman–Crippen LogP) is 3.90. The summed E-state index contributed by atoms with van der Waals surface area (Å²) < 4.78 is 8.34. The molecule has 166 valence electrons. The molecule has 0 unspecified atom stereocenters. The van der Waals surface area contributed by atoms with Gasteiger partial charge in [0, 0.05) is 37.4 Å². The summed E-state index contributed by atoms with van der Waals surface area (Å²) in [7, 11) is 1.64. The first-order valence-electron chi connectivity index (χ1n) is 10.6. The molecule has 5 rings (SSSR count). The number of fused-ring (bicyclic) bond motifs is 3. The van der Waals surface area contributed by atoms with Gasteiger partial charge in [0.1, 0.15) is 0 Å². The van der Waals surface area contributed by atoms with Gasteiger partial charge in [0.05, 0.1) is 22.5 Å². The average Bonchev–Trinajstić information content (AvgIpc) is 3.36. The number of nitrogens with zero attached hydrogens (tertiary/aromatic N) is 3. The molecule has 0 N–H and O–H groups in total. The Morgan fingerprint density at radius 1 is 1.00 bits per heavy atom. The number of rotatable bonds is 5. The lowest BCUT2D eigenvalue weighted by Gasteiger charge is -2.13. The van der Waals surface area contributed by atoms with Crippen molar-refractivity contribution in [2.75, 3.05) is 18.6 Å². The van der Waals surface area contributed by atoms with Gasteiger partial charge in [0.15, 0.2) is 4.80 Å². The SMILES string of the molecule is COCCn1c(=NC(=O)c2ccc(N3C(=O)CCC3=O)cc2)sc2c3ccccc3ccc21. The van der Waals surface area contributed by atoms with Crippen LogP contribution in [0.15, 0.2) is 65.7 Å². The lowest BCUT2D eigenvalue weighted by molar-refractivity contribution is -0.121. The number of aromatic nitrogens is 1. The number of hydrogen-bond acceptors (Lipinski definition) is 5. The van der Waals surface area contributed by atoms with Gasteiger partial charge in [-0.3, -0.25) is 19.3 Å². The number of thiazole rings is 1. The first-order valence-corrected chi connectivity index (χ1v) is 11.4. The Bertz CT molecular complexity index is 1450. The molecule has 1 aliphatic rings. The minimum atomic E-state index is -0.386. The van der Waals surface area contributed by atoms with Crippen LogP contribution in [0.1, 0.15) is 23.2 Å². The summed E-state index contributed by atoms with van der Waals surface area (Å²) in [6.07, 6.45) is 0.438. The van der Waals surface area contributed by atoms with Crippen molar-refractivity contribution in [2.45, 2.75) is 19.4 Å². The molecule has 4 aromatic rings. The Kier molecular flexibility index (Phi) is 5.62. The number of hydrogen-bond donors (Lipinski definition) is 0. The standard InChI is InChI=1S/C25H21N3O4S/c1-32-15-14-27-20-11-8-16-4-2-3-5-19(16)23(20)33-25(27)26-24(31)17-6-9-18(10-7-17)28-21(29)12-13-22(28)30/h2-11H,12-15H2,1H3. The largest absolute Gasteiger partial charge is 0.383 e. The molecule has 2 heterocycles. The molecule has 1 saturated heterocycles. The Labute approximate surface area is 193 Å². The first-order chi connectivity index (χ1) is 16.1. The first kappa shape index (κ1) is 21.2. The quantitative estimate of drug-likeness (QED) is 0.424. The fourth-order valence-electron chi connectivity index (χ4n) is 4.05. The smallest absolute Gasteiger partial charge is 0.279 e. The lowest BCUT2D eigenvalue weighted by atomic mass is 10.1. The number of amides is 3. The topological polar surface area (TPSA) is 81.0 Å². The highest BCUT2D eigenvalue weighted by atomic mass is 32.1. The normalized spacial score (nSPS) is 14.7. The molecule has 0 spiro atoms. The zero-order chi connectivity index (χ0) is 22.9. The van der Waals surface area contributed by atoms with E-state index >= 15 is 0 Å². The third-order valence-corrected chi connectivity index (χ3v) is 6.84. The molecule has 1 aliphatic heterocycles. The summed E-state index contributed by atoms with van der Waals surface area (Å²) in [5, 5.41) is 2.24. The van der Waals surface area contributed by atoms with Gasteiger partial charge in [-0.2, -0.15) is 4.99 Å². The van der Waals surface area contributed by atoms with Crippen molar-refractivity contribution in [1.29, 1.82) is 0 Å². The van der Waals surface area contributed by atoms with E-state index in [0.717, 1.165) is 21.0 Å². The minimum absolute atomic E-state index is 0.219. The molecule has 0 radical (unpaired) electrons. The van der Waals surface area contributed by atoms with E-state index in [9.17, 15) is 14.4 Å². The van der Waals surface area contributed by atoms with Crippen molar-refractivity contribution >= 4 is 55.7 Å². The van der Waals surface area contributed by atoms with Crippen LogP contribution in [0.3, 0.4) is 0 Å². The van der Waals surface area contributed by atoms with Gasteiger partial charge in [-0.05, 0) is 35.7 Å². The molecule has 0 aliphatic carbocycles. The summed E-state index contributed by atoms with van der Waals surface area (Å²) >= 11 is 1.47. The molecule has 3 aromatic carbocycles. The van der Waals surface area contributed by atoms with Crippen LogP contribution in [0.5, 0.6) is 0 Å². The number of carbonyl (C=O) groups is 3. The van der Waals surface area contributed by atoms with Crippen LogP contribution in [0.2, 0.25) is 0 Å². The summed E-state index contributed by atoms with van der Waals surface area (Å²) in [5.74, 6) is -0.830. The molecule has 8 heteroatoms. The van der Waals surface area contributed by atoms with Gasteiger partial charge >= 0.3 is 0 Å². The second-order valence-corrected chi connectivity index (χ2v) is 8.73. The third-order valence-electron chi connectivity index (χ3n) is 5.71. The number of anilines is 1. The van der Waals surface area contributed by atoms with Crippen molar-refractivity contribution in [1.82, 2.24) is 4.57 Å². The zero-order valence-electron chi connectivity index (χ0n) is 18.0. The highest BCUT2D eigenvalue weighted by Crippen LogP contribution is 2.28. The molecule has 3 amide bonds. The summed E-state index contributed by atoms with van der Waals surface area (Å²) in [4.78, 5) is 43.1. The maximum absolute atomic E-state index is 13.0. The van der Waals surface area contributed by atoms with Gasteiger partial charge in [-0.25, -0.2) is 0 Å². The molecular weight excluding hydrogens is 438 g/mol. The fraction of sp³-hybridized carbons (Fsp3) is 0.200. The van der Waals surface area contributed by atoms with Gasteiger partial charge in [0.25, 0.3) is 5.91 Å². The summed E-state index contributed by atoms with van der Waals surface area (Å²) in [5.41, 5.74) is 1.87. The minimum Gasteiger partial charge on any atom is -0.383 e. The van der Waals surface area contributed by atoms with Gasteiger partial charge in [-0.1, -0.05) is 41.7 Å². The van der Waals surface area contributed by atoms with Gasteiger partial charge < -0.3 is 9.30 Å². The van der Waals surface area contributed by atoms with Gasteiger partial charge in [-0.15, -0.1) is 0 Å². The second-order valence-electron chi connectivity index (χ2n) is 7.75. The van der Waals surface area contributed by atoms with E-state index in [0.29, 0.717) is 29.2 Å². The van der Waals surface area contributed by atoms with E-state index < -0.39 is 0 Å². The van der Waals surface area contributed by atoms with Crippen LogP contribution in [0, 0.1) is 0 Å². The van der Waals surface area contributed by atoms with E-state index in [1.54, 1.807) is 31.4 Å². The van der Waals surface area contributed by atoms with Crippen LogP contribution in [0.25, 0.3) is 21.0 Å². The summed E-state index contributed by atoms with van der Waals surface area (Å²) in [6, 6.07) is 18.7. The Morgan fingerprint density at radius 3 is 2.45 bits per heavy atom. The lowest BCUT2D eigenvalue weighted by Crippen LogP contribution is -2.28. The Hall–Kier alpha value is -3.62. The predicted molar refractivity (Wildman–Crippen MR) is 127 cm³/mol. The van der Waals surface area contributed by atoms with Crippen molar-refractivity contribution in [2.24, 2.45) is 4.99 Å². The van der Waals surface area contributed by atoms with Crippen molar-refractivity contribution in [3.63, 3.8) is 0 Å². The number of benzene rings is 3. The highest BCUT2D eigenvalue weighted by Gasteiger charge is 2.30. The monoisotopic (exact) mass is 459 g/mol. The molecule has 1 fully saturated rings. The van der Waals surface area contributed by atoms with Crippen LogP contribution in [-0.2, 0) is 20.9 Å².